The first-order valence-corrected chi connectivity index (χ1v) is 10.8. The molecule has 1 N–H and O–H groups in total. The smallest absolute Gasteiger partial charge is 0.251 e. The molecule has 4 rings (SSSR count). The van der Waals surface area contributed by atoms with Crippen molar-refractivity contribution in [3.8, 4) is 0 Å². The van der Waals surface area contributed by atoms with E-state index < -0.39 is 11.7 Å². The molecule has 3 aromatic rings. The molecule has 0 spiro atoms. The van der Waals surface area contributed by atoms with Crippen molar-refractivity contribution in [2.45, 2.75) is 6.04 Å². The summed E-state index contributed by atoms with van der Waals surface area (Å²) in [5.74, 6) is -1.07. The average molecular weight is 432 g/mol. The first kappa shape index (κ1) is 21.7. The lowest BCUT2D eigenvalue weighted by Gasteiger charge is -2.39. The summed E-state index contributed by atoms with van der Waals surface area (Å²) in [5, 5.41) is 2.60. The van der Waals surface area contributed by atoms with Gasteiger partial charge in [-0.25, -0.2) is 4.39 Å². The molecule has 0 aromatic heterocycles. The minimum Gasteiger partial charge on any atom is -0.343 e. The van der Waals surface area contributed by atoms with Gasteiger partial charge in [0.15, 0.2) is 0 Å². The van der Waals surface area contributed by atoms with E-state index in [-0.39, 0.29) is 24.1 Å². The van der Waals surface area contributed by atoms with Gasteiger partial charge in [0.2, 0.25) is 5.91 Å². The minimum atomic E-state index is -0.480. The predicted octanol–water partition coefficient (Wildman–Crippen LogP) is 3.49. The second kappa shape index (κ2) is 10.2. The van der Waals surface area contributed by atoms with Crippen LogP contribution in [-0.4, -0.2) is 54.3 Å². The molecule has 1 saturated heterocycles. The normalized spacial score (nSPS) is 14.4. The Balaban J connectivity index is 1.36. The van der Waals surface area contributed by atoms with Gasteiger partial charge >= 0.3 is 0 Å². The van der Waals surface area contributed by atoms with Gasteiger partial charge in [-0.05, 0) is 29.3 Å². The van der Waals surface area contributed by atoms with Gasteiger partial charge in [-0.3, -0.25) is 14.5 Å². The van der Waals surface area contributed by atoms with E-state index in [0.717, 1.165) is 19.2 Å². The molecule has 0 radical (unpaired) electrons. The van der Waals surface area contributed by atoms with Crippen LogP contribution in [0.15, 0.2) is 84.9 Å². The van der Waals surface area contributed by atoms with Crippen molar-refractivity contribution >= 4 is 11.8 Å². The average Bonchev–Trinajstić information content (AvgIpc) is 2.84. The van der Waals surface area contributed by atoms with E-state index in [1.165, 1.54) is 29.3 Å². The van der Waals surface area contributed by atoms with Crippen molar-refractivity contribution in [1.82, 2.24) is 15.1 Å². The Hall–Kier alpha value is -3.51. The van der Waals surface area contributed by atoms with Crippen LogP contribution >= 0.6 is 0 Å². The van der Waals surface area contributed by atoms with Crippen LogP contribution in [0.2, 0.25) is 0 Å². The first-order valence-electron chi connectivity index (χ1n) is 10.8. The summed E-state index contributed by atoms with van der Waals surface area (Å²) in [5.41, 5.74) is 2.65. The van der Waals surface area contributed by atoms with Gasteiger partial charge in [0.25, 0.3) is 5.91 Å². The predicted molar refractivity (Wildman–Crippen MR) is 122 cm³/mol. The van der Waals surface area contributed by atoms with E-state index in [0.29, 0.717) is 13.1 Å². The lowest BCUT2D eigenvalue weighted by Crippen LogP contribution is -2.52. The molecule has 6 heteroatoms. The van der Waals surface area contributed by atoms with Gasteiger partial charge in [0.05, 0.1) is 12.6 Å². The Labute approximate surface area is 187 Å². The van der Waals surface area contributed by atoms with Gasteiger partial charge in [0, 0.05) is 31.7 Å². The van der Waals surface area contributed by atoms with E-state index in [1.807, 2.05) is 36.4 Å². The number of carbonyl (C=O) groups is 2. The lowest BCUT2D eigenvalue weighted by molar-refractivity contribution is -0.132. The molecule has 32 heavy (non-hydrogen) atoms. The summed E-state index contributed by atoms with van der Waals surface area (Å²) in [4.78, 5) is 29.0. The number of piperazine rings is 1. The second-order valence-electron chi connectivity index (χ2n) is 7.83. The van der Waals surface area contributed by atoms with Gasteiger partial charge in [-0.15, -0.1) is 0 Å². The summed E-state index contributed by atoms with van der Waals surface area (Å²) in [6.07, 6.45) is 0. The molecule has 1 aliphatic heterocycles. The Bertz CT molecular complexity index is 1010. The summed E-state index contributed by atoms with van der Waals surface area (Å²) >= 11 is 0. The number of nitrogens with one attached hydrogen (secondary N) is 1. The van der Waals surface area contributed by atoms with Crippen molar-refractivity contribution in [3.05, 3.63) is 107 Å². The number of carbonyl (C=O) groups excluding carboxylic acids is 2. The van der Waals surface area contributed by atoms with Crippen LogP contribution in [0.3, 0.4) is 0 Å². The molecule has 0 aliphatic carbocycles. The topological polar surface area (TPSA) is 52.7 Å². The van der Waals surface area contributed by atoms with Gasteiger partial charge in [-0.1, -0.05) is 66.7 Å². The summed E-state index contributed by atoms with van der Waals surface area (Å²) < 4.78 is 13.3. The van der Waals surface area contributed by atoms with E-state index in [1.54, 1.807) is 4.90 Å². The number of amides is 2. The molecule has 2 amide bonds. The summed E-state index contributed by atoms with van der Waals surface area (Å²) in [6, 6.07) is 26.3. The third kappa shape index (κ3) is 5.21. The summed E-state index contributed by atoms with van der Waals surface area (Å²) in [6.45, 7) is 2.54. The summed E-state index contributed by atoms with van der Waals surface area (Å²) in [7, 11) is 0. The van der Waals surface area contributed by atoms with Crippen molar-refractivity contribution in [2.24, 2.45) is 0 Å². The standard InChI is InChI=1S/C26H26FN3O2/c27-23-13-7-12-22(18-23)26(32)28-19-24(31)29-14-16-30(17-15-29)25(20-8-3-1-4-9-20)21-10-5-2-6-11-21/h1-13,18,25H,14-17,19H2,(H,28,32). The van der Waals surface area contributed by atoms with Crippen LogP contribution in [0, 0.1) is 5.82 Å². The molecule has 0 unspecified atom stereocenters. The largest absolute Gasteiger partial charge is 0.343 e. The second-order valence-corrected chi connectivity index (χ2v) is 7.83. The molecule has 0 atom stereocenters. The quantitative estimate of drug-likeness (QED) is 0.650. The number of hydrogen-bond donors (Lipinski definition) is 1. The number of halogens is 1. The Morgan fingerprint density at radius 2 is 1.41 bits per heavy atom. The zero-order chi connectivity index (χ0) is 22.3. The molecular weight excluding hydrogens is 405 g/mol. The highest BCUT2D eigenvalue weighted by Gasteiger charge is 2.28. The van der Waals surface area contributed by atoms with Crippen molar-refractivity contribution < 1.29 is 14.0 Å². The zero-order valence-electron chi connectivity index (χ0n) is 17.8. The van der Waals surface area contributed by atoms with E-state index in [2.05, 4.69) is 34.5 Å². The van der Waals surface area contributed by atoms with Gasteiger partial charge in [-0.2, -0.15) is 0 Å². The Morgan fingerprint density at radius 3 is 1.97 bits per heavy atom. The fourth-order valence-electron chi connectivity index (χ4n) is 4.11. The molecular formula is C26H26FN3O2. The molecule has 1 aliphatic rings. The van der Waals surface area contributed by atoms with E-state index in [4.69, 9.17) is 0 Å². The molecule has 3 aromatic carbocycles. The molecule has 1 fully saturated rings. The third-order valence-corrected chi connectivity index (χ3v) is 5.75. The number of hydrogen-bond acceptors (Lipinski definition) is 3. The molecule has 0 bridgehead atoms. The maximum Gasteiger partial charge on any atom is 0.251 e. The number of benzene rings is 3. The van der Waals surface area contributed by atoms with Crippen LogP contribution in [0.5, 0.6) is 0 Å². The fraction of sp³-hybridized carbons (Fsp3) is 0.231. The van der Waals surface area contributed by atoms with Crippen molar-refractivity contribution in [2.75, 3.05) is 32.7 Å². The highest BCUT2D eigenvalue weighted by molar-refractivity contribution is 5.96. The maximum atomic E-state index is 13.3. The SMILES string of the molecule is O=C(NCC(=O)N1CCN(C(c2ccccc2)c2ccccc2)CC1)c1cccc(F)c1. The highest BCUT2D eigenvalue weighted by atomic mass is 19.1. The molecule has 1 heterocycles. The van der Waals surface area contributed by atoms with Crippen molar-refractivity contribution in [3.63, 3.8) is 0 Å². The molecule has 0 saturated carbocycles. The lowest BCUT2D eigenvalue weighted by atomic mass is 9.96. The Morgan fingerprint density at radius 1 is 0.812 bits per heavy atom. The first-order chi connectivity index (χ1) is 15.6. The van der Waals surface area contributed by atoms with Crippen LogP contribution in [0.4, 0.5) is 4.39 Å². The van der Waals surface area contributed by atoms with Crippen LogP contribution in [0.1, 0.15) is 27.5 Å². The fourth-order valence-corrected chi connectivity index (χ4v) is 4.11. The minimum absolute atomic E-state index is 0.101. The zero-order valence-corrected chi connectivity index (χ0v) is 17.8. The monoisotopic (exact) mass is 431 g/mol. The van der Waals surface area contributed by atoms with Crippen LogP contribution < -0.4 is 5.32 Å². The van der Waals surface area contributed by atoms with Crippen LogP contribution in [-0.2, 0) is 4.79 Å². The van der Waals surface area contributed by atoms with Crippen molar-refractivity contribution in [1.29, 1.82) is 0 Å². The molecule has 164 valence electrons. The Kier molecular flexibility index (Phi) is 6.92. The molecule has 5 nitrogen and oxygen atoms in total. The highest BCUT2D eigenvalue weighted by Crippen LogP contribution is 2.29. The van der Waals surface area contributed by atoms with E-state index >= 15 is 0 Å². The third-order valence-electron chi connectivity index (χ3n) is 5.75. The van der Waals surface area contributed by atoms with Gasteiger partial charge in [0.1, 0.15) is 5.82 Å². The number of nitrogens with zero attached hydrogens (tertiary/aromatic N) is 2. The maximum absolute atomic E-state index is 13.3. The number of rotatable bonds is 6. The van der Waals surface area contributed by atoms with Gasteiger partial charge < -0.3 is 10.2 Å². The van der Waals surface area contributed by atoms with E-state index in [9.17, 15) is 14.0 Å². The van der Waals surface area contributed by atoms with Crippen LogP contribution in [0.25, 0.3) is 0 Å².